The van der Waals surface area contributed by atoms with E-state index in [2.05, 4.69) is 20.0 Å². The molecule has 0 radical (unpaired) electrons. The number of amides is 1. The highest BCUT2D eigenvalue weighted by molar-refractivity contribution is 5.67. The van der Waals surface area contributed by atoms with Crippen molar-refractivity contribution in [3.8, 4) is 0 Å². The second-order valence-electron chi connectivity index (χ2n) is 4.53. The molecule has 1 aliphatic heterocycles. The molecule has 1 amide bonds. The van der Waals surface area contributed by atoms with Crippen LogP contribution in [0.3, 0.4) is 0 Å². The molecule has 0 saturated carbocycles. The van der Waals surface area contributed by atoms with E-state index < -0.39 is 23.9 Å². The molecule has 116 valence electrons. The summed E-state index contributed by atoms with van der Waals surface area (Å²) in [6.45, 7) is 0.769. The highest BCUT2D eigenvalue weighted by atomic mass is 19.4. The molecular formula is C11H14F3N5O2. The lowest BCUT2D eigenvalue weighted by Crippen LogP contribution is -2.37. The maximum atomic E-state index is 12.7. The molecule has 2 rings (SSSR count). The predicted octanol–water partition coefficient (Wildman–Crippen LogP) is 1.01. The van der Waals surface area contributed by atoms with Crippen LogP contribution in [0.25, 0.3) is 0 Å². The fourth-order valence-electron chi connectivity index (χ4n) is 2.07. The first kappa shape index (κ1) is 15.1. The van der Waals surface area contributed by atoms with Crippen LogP contribution in [0.2, 0.25) is 0 Å². The lowest BCUT2D eigenvalue weighted by Gasteiger charge is -2.19. The smallest absolute Gasteiger partial charge is 0.433 e. The van der Waals surface area contributed by atoms with E-state index >= 15 is 0 Å². The minimum Gasteiger partial charge on any atom is -0.453 e. The van der Waals surface area contributed by atoms with Crippen LogP contribution in [0.1, 0.15) is 12.1 Å². The number of nitrogen functional groups attached to an aromatic ring is 1. The van der Waals surface area contributed by atoms with E-state index in [-0.39, 0.29) is 11.9 Å². The van der Waals surface area contributed by atoms with Gasteiger partial charge in [0, 0.05) is 19.2 Å². The number of anilines is 2. The van der Waals surface area contributed by atoms with Gasteiger partial charge in [-0.3, -0.25) is 0 Å². The second-order valence-corrected chi connectivity index (χ2v) is 4.53. The fourth-order valence-corrected chi connectivity index (χ4v) is 2.07. The molecule has 1 aromatic heterocycles. The number of nitrogens with zero attached hydrogens (tertiary/aromatic N) is 3. The molecule has 1 aliphatic rings. The minimum atomic E-state index is -4.59. The number of rotatable bonds is 2. The normalized spacial score (nSPS) is 18.7. The summed E-state index contributed by atoms with van der Waals surface area (Å²) in [6.07, 6.45) is -4.60. The van der Waals surface area contributed by atoms with E-state index in [1.165, 1.54) is 7.11 Å². The van der Waals surface area contributed by atoms with Gasteiger partial charge in [0.2, 0.25) is 5.95 Å². The van der Waals surface area contributed by atoms with Crippen LogP contribution in [0, 0.1) is 0 Å². The van der Waals surface area contributed by atoms with Crippen molar-refractivity contribution in [3.63, 3.8) is 0 Å². The monoisotopic (exact) mass is 305 g/mol. The van der Waals surface area contributed by atoms with Gasteiger partial charge in [-0.05, 0) is 6.42 Å². The average molecular weight is 305 g/mol. The zero-order valence-corrected chi connectivity index (χ0v) is 11.1. The molecule has 10 heteroatoms. The largest absolute Gasteiger partial charge is 0.453 e. The van der Waals surface area contributed by atoms with Gasteiger partial charge in [-0.1, -0.05) is 0 Å². The Labute approximate surface area is 118 Å². The number of ether oxygens (including phenoxy) is 1. The van der Waals surface area contributed by atoms with Crippen LogP contribution < -0.4 is 16.0 Å². The van der Waals surface area contributed by atoms with Crippen molar-refractivity contribution in [2.24, 2.45) is 0 Å². The van der Waals surface area contributed by atoms with Crippen molar-refractivity contribution in [3.05, 3.63) is 11.8 Å². The Kier molecular flexibility index (Phi) is 4.05. The zero-order valence-electron chi connectivity index (χ0n) is 11.1. The summed E-state index contributed by atoms with van der Waals surface area (Å²) in [5.74, 6) is -0.354. The average Bonchev–Trinajstić information content (AvgIpc) is 2.85. The molecule has 0 bridgehead atoms. The third-order valence-corrected chi connectivity index (χ3v) is 3.04. The summed E-state index contributed by atoms with van der Waals surface area (Å²) in [6, 6.07) is 0.625. The van der Waals surface area contributed by atoms with E-state index in [0.29, 0.717) is 19.5 Å². The number of aromatic nitrogens is 2. The van der Waals surface area contributed by atoms with Gasteiger partial charge in [-0.2, -0.15) is 18.2 Å². The number of nitrogens with two attached hydrogens (primary N) is 1. The van der Waals surface area contributed by atoms with Crippen molar-refractivity contribution < 1.29 is 22.7 Å². The van der Waals surface area contributed by atoms with Crippen molar-refractivity contribution in [2.45, 2.75) is 18.6 Å². The van der Waals surface area contributed by atoms with Gasteiger partial charge in [0.15, 0.2) is 5.69 Å². The third kappa shape index (κ3) is 3.64. The van der Waals surface area contributed by atoms with Crippen LogP contribution in [0.15, 0.2) is 6.07 Å². The van der Waals surface area contributed by atoms with Crippen LogP contribution in [0.4, 0.5) is 29.7 Å². The van der Waals surface area contributed by atoms with Crippen LogP contribution in [-0.4, -0.2) is 42.3 Å². The molecule has 21 heavy (non-hydrogen) atoms. The Morgan fingerprint density at radius 1 is 1.52 bits per heavy atom. The number of nitrogens with one attached hydrogen (secondary N) is 1. The zero-order chi connectivity index (χ0) is 15.6. The topological polar surface area (TPSA) is 93.4 Å². The Morgan fingerprint density at radius 3 is 2.86 bits per heavy atom. The summed E-state index contributed by atoms with van der Waals surface area (Å²) in [4.78, 5) is 19.7. The number of methoxy groups -OCH3 is 1. The van der Waals surface area contributed by atoms with Crippen LogP contribution in [0.5, 0.6) is 0 Å². The van der Waals surface area contributed by atoms with E-state index in [4.69, 9.17) is 5.73 Å². The summed E-state index contributed by atoms with van der Waals surface area (Å²) < 4.78 is 42.5. The molecule has 1 saturated heterocycles. The molecule has 0 spiro atoms. The number of alkyl halides is 3. The lowest BCUT2D eigenvalue weighted by atomic mass is 10.3. The van der Waals surface area contributed by atoms with Crippen molar-refractivity contribution in [2.75, 3.05) is 30.8 Å². The predicted molar refractivity (Wildman–Crippen MR) is 67.6 cm³/mol. The van der Waals surface area contributed by atoms with E-state index in [0.717, 1.165) is 6.07 Å². The van der Waals surface area contributed by atoms with Gasteiger partial charge in [-0.25, -0.2) is 9.78 Å². The first-order valence-corrected chi connectivity index (χ1v) is 6.11. The van der Waals surface area contributed by atoms with Crippen molar-refractivity contribution in [1.82, 2.24) is 15.3 Å². The van der Waals surface area contributed by atoms with Crippen LogP contribution in [-0.2, 0) is 10.9 Å². The Bertz CT molecular complexity index is 537. The number of hydrogen-bond donors (Lipinski definition) is 2. The first-order chi connectivity index (χ1) is 9.79. The Hall–Kier alpha value is -2.26. The van der Waals surface area contributed by atoms with Gasteiger partial charge >= 0.3 is 12.3 Å². The fraction of sp³-hybridized carbons (Fsp3) is 0.545. The molecular weight excluding hydrogens is 291 g/mol. The quantitative estimate of drug-likeness (QED) is 0.847. The van der Waals surface area contributed by atoms with Crippen molar-refractivity contribution in [1.29, 1.82) is 0 Å². The number of alkyl carbamates (subject to hydrolysis) is 1. The summed E-state index contributed by atoms with van der Waals surface area (Å²) in [5, 5.41) is 2.59. The third-order valence-electron chi connectivity index (χ3n) is 3.04. The molecule has 1 aromatic rings. The number of halogens is 3. The summed E-state index contributed by atoms with van der Waals surface area (Å²) >= 11 is 0. The van der Waals surface area contributed by atoms with E-state index in [9.17, 15) is 18.0 Å². The van der Waals surface area contributed by atoms with Crippen LogP contribution >= 0.6 is 0 Å². The maximum Gasteiger partial charge on any atom is 0.433 e. The molecule has 1 fully saturated rings. The SMILES string of the molecule is COC(=O)NC1CCN(c2cc(C(F)(F)F)nc(N)n2)C1. The molecule has 0 aliphatic carbocycles. The van der Waals surface area contributed by atoms with Gasteiger partial charge in [0.05, 0.1) is 13.2 Å². The highest BCUT2D eigenvalue weighted by Gasteiger charge is 2.35. The number of carbonyl (C=O) groups excluding carboxylic acids is 1. The molecule has 1 unspecified atom stereocenters. The summed E-state index contributed by atoms with van der Waals surface area (Å²) in [5.41, 5.74) is 4.23. The van der Waals surface area contributed by atoms with Gasteiger partial charge in [0.1, 0.15) is 5.82 Å². The minimum absolute atomic E-state index is 0.0870. The lowest BCUT2D eigenvalue weighted by molar-refractivity contribution is -0.141. The van der Waals surface area contributed by atoms with Gasteiger partial charge in [-0.15, -0.1) is 0 Å². The highest BCUT2D eigenvalue weighted by Crippen LogP contribution is 2.30. The summed E-state index contributed by atoms with van der Waals surface area (Å²) in [7, 11) is 1.24. The standard InChI is InChI=1S/C11H14F3N5O2/c1-21-10(20)16-6-2-3-19(5-6)8-4-7(11(12,13)14)17-9(15)18-8/h4,6H,2-3,5H2,1H3,(H,16,20)(H2,15,17,18). The second kappa shape index (κ2) is 5.62. The number of hydrogen-bond acceptors (Lipinski definition) is 6. The van der Waals surface area contributed by atoms with E-state index in [1.807, 2.05) is 0 Å². The maximum absolute atomic E-state index is 12.7. The molecule has 2 heterocycles. The Morgan fingerprint density at radius 2 is 2.24 bits per heavy atom. The number of carbonyl (C=O) groups is 1. The molecule has 7 nitrogen and oxygen atoms in total. The van der Waals surface area contributed by atoms with Crippen molar-refractivity contribution >= 4 is 17.9 Å². The molecule has 1 atom stereocenters. The molecule has 0 aromatic carbocycles. The molecule has 3 N–H and O–H groups in total. The Balaban J connectivity index is 2.13. The van der Waals surface area contributed by atoms with E-state index in [1.54, 1.807) is 4.90 Å². The van der Waals surface area contributed by atoms with Gasteiger partial charge < -0.3 is 20.7 Å². The first-order valence-electron chi connectivity index (χ1n) is 6.11. The van der Waals surface area contributed by atoms with Gasteiger partial charge in [0.25, 0.3) is 0 Å².